The van der Waals surface area contributed by atoms with Crippen LogP contribution in [-0.4, -0.2) is 67.2 Å². The summed E-state index contributed by atoms with van der Waals surface area (Å²) in [6.45, 7) is 0. The molecule has 1 amide bonds. The first-order valence-corrected chi connectivity index (χ1v) is 14.5. The van der Waals surface area contributed by atoms with Crippen LogP contribution < -0.4 is 30.5 Å². The van der Waals surface area contributed by atoms with Crippen LogP contribution in [0.2, 0.25) is 0 Å². The van der Waals surface area contributed by atoms with Crippen LogP contribution in [-0.2, 0) is 25.0 Å². The first-order chi connectivity index (χ1) is 20.6. The third-order valence-corrected chi connectivity index (χ3v) is 7.61. The largest absolute Gasteiger partial charge is 0.870 e. The van der Waals surface area contributed by atoms with E-state index in [2.05, 4.69) is 10.4 Å². The number of amidine groups is 1. The van der Waals surface area contributed by atoms with Crippen molar-refractivity contribution in [3.05, 3.63) is 74.8 Å². The number of methoxy groups -OCH3 is 2. The highest BCUT2D eigenvalue weighted by Gasteiger charge is 2.41. The van der Waals surface area contributed by atoms with Gasteiger partial charge in [-0.05, 0) is 18.2 Å². The predicted molar refractivity (Wildman–Crippen MR) is 150 cm³/mol. The SMILES string of the molecule is COc1cc([N+](=O)[O-])c(S(=O)(=O)O)cc1N1N=C(C(=O)Nc2ccccc2)[NH2+]N1c1cc(S(=O)(=O)O)c([N+](=O)[O-])cc1OC.[OH-]. The molecule has 0 aromatic heterocycles. The maximum absolute atomic E-state index is 13.2. The van der Waals surface area contributed by atoms with Crippen molar-refractivity contribution in [2.45, 2.75) is 9.79 Å². The Kier molecular flexibility index (Phi) is 9.56. The van der Waals surface area contributed by atoms with Gasteiger partial charge in [0.15, 0.2) is 27.0 Å². The minimum Gasteiger partial charge on any atom is -0.870 e. The zero-order valence-electron chi connectivity index (χ0n) is 22.7. The Morgan fingerprint density at radius 2 is 1.33 bits per heavy atom. The molecule has 6 N–H and O–H groups in total. The first kappa shape index (κ1) is 34.0. The van der Waals surface area contributed by atoms with E-state index in [1.54, 1.807) is 30.3 Å². The highest BCUT2D eigenvalue weighted by Crippen LogP contribution is 2.42. The second kappa shape index (κ2) is 12.6. The van der Waals surface area contributed by atoms with Crippen LogP contribution in [0, 0.1) is 20.2 Å². The number of nitrogens with one attached hydrogen (secondary N) is 1. The third-order valence-electron chi connectivity index (χ3n) is 5.85. The average Bonchev–Trinajstić information content (AvgIpc) is 3.40. The fourth-order valence-corrected chi connectivity index (χ4v) is 5.26. The van der Waals surface area contributed by atoms with Gasteiger partial charge in [-0.25, -0.2) is 0 Å². The Morgan fingerprint density at radius 1 is 0.867 bits per heavy atom. The monoisotopic (exact) mass is 671 g/mol. The summed E-state index contributed by atoms with van der Waals surface area (Å²) in [5.41, 5.74) is -1.74. The third kappa shape index (κ3) is 6.87. The van der Waals surface area contributed by atoms with Gasteiger partial charge in [0.1, 0.15) is 5.69 Å². The molecule has 23 heteroatoms. The lowest BCUT2D eigenvalue weighted by molar-refractivity contribution is -0.544. The number of amides is 1. The molecule has 1 aliphatic heterocycles. The number of anilines is 3. The van der Waals surface area contributed by atoms with Crippen LogP contribution in [0.25, 0.3) is 0 Å². The Morgan fingerprint density at radius 3 is 1.78 bits per heavy atom. The van der Waals surface area contributed by atoms with Gasteiger partial charge in [-0.15, -0.1) is 5.12 Å². The molecule has 0 atom stereocenters. The van der Waals surface area contributed by atoms with Crippen molar-refractivity contribution in [2.24, 2.45) is 5.10 Å². The molecule has 0 bridgehead atoms. The van der Waals surface area contributed by atoms with E-state index >= 15 is 0 Å². The van der Waals surface area contributed by atoms with E-state index in [0.717, 1.165) is 24.8 Å². The number of benzene rings is 3. The summed E-state index contributed by atoms with van der Waals surface area (Å²) in [4.78, 5) is 31.7. The molecule has 45 heavy (non-hydrogen) atoms. The van der Waals surface area contributed by atoms with Gasteiger partial charge in [0.05, 0.1) is 36.2 Å². The van der Waals surface area contributed by atoms with Crippen LogP contribution in [0.5, 0.6) is 11.5 Å². The fraction of sp³-hybridized carbons (Fsp3) is 0.0909. The summed E-state index contributed by atoms with van der Waals surface area (Å²) in [7, 11) is -8.39. The standard InChI is InChI=1S/C22H19N7O13S2.H2O/c1-41-17-8-15(28(31)32)19(43(35,36)37)10-13(17)26-24-21(22(30)23-12-6-4-3-5-7-12)25-27(26)14-11-20(44(38,39)40)16(29(33)34)9-18(14)42-2;/h3-11H,1-2H3,(H,23,30)(H,24,25)(H,35,36,37)(H,38,39,40);1H2. The van der Waals surface area contributed by atoms with Crippen molar-refractivity contribution in [1.82, 2.24) is 0 Å². The molecule has 21 nitrogen and oxygen atoms in total. The summed E-state index contributed by atoms with van der Waals surface area (Å²) in [5.74, 6) is -2.13. The number of nitrogens with two attached hydrogens (primary N) is 1. The first-order valence-electron chi connectivity index (χ1n) is 11.6. The molecule has 0 aliphatic carbocycles. The fourth-order valence-electron chi connectivity index (χ4n) is 3.95. The molecule has 0 radical (unpaired) electrons. The molecule has 1 heterocycles. The molecule has 0 fully saturated rings. The highest BCUT2D eigenvalue weighted by atomic mass is 32.2. The van der Waals surface area contributed by atoms with E-state index in [0.29, 0.717) is 35.1 Å². The summed E-state index contributed by atoms with van der Waals surface area (Å²) in [5, 5.41) is 31.4. The molecule has 0 unspecified atom stereocenters. The average molecular weight is 672 g/mol. The Balaban J connectivity index is 0.00000552. The summed E-state index contributed by atoms with van der Waals surface area (Å²) in [6, 6.07) is 10.5. The van der Waals surface area contributed by atoms with Gasteiger partial charge in [0, 0.05) is 11.8 Å². The van der Waals surface area contributed by atoms with Crippen molar-refractivity contribution < 1.29 is 61.0 Å². The second-order valence-electron chi connectivity index (χ2n) is 8.52. The second-order valence-corrected chi connectivity index (χ2v) is 11.3. The van der Waals surface area contributed by atoms with Crippen LogP contribution in [0.1, 0.15) is 0 Å². The molecule has 3 aromatic rings. The molecule has 0 saturated carbocycles. The van der Waals surface area contributed by atoms with Gasteiger partial charge in [0.25, 0.3) is 11.4 Å². The lowest BCUT2D eigenvalue weighted by Gasteiger charge is -2.26. The van der Waals surface area contributed by atoms with Gasteiger partial charge in [-0.2, -0.15) is 22.3 Å². The number of hydrazone groups is 1. The number of quaternary nitrogens is 1. The number of nitro groups is 2. The van der Waals surface area contributed by atoms with Crippen LogP contribution in [0.3, 0.4) is 0 Å². The van der Waals surface area contributed by atoms with E-state index < -0.39 is 85.9 Å². The van der Waals surface area contributed by atoms with E-state index in [-0.39, 0.29) is 5.48 Å². The van der Waals surface area contributed by atoms with Crippen LogP contribution in [0.4, 0.5) is 28.4 Å². The number of para-hydroxylation sites is 1. The predicted octanol–water partition coefficient (Wildman–Crippen LogP) is 0.509. The molecule has 0 saturated heterocycles. The molecular formula is C22H21N7O14S2. The maximum Gasteiger partial charge on any atom is 0.336 e. The van der Waals surface area contributed by atoms with Crippen LogP contribution >= 0.6 is 0 Å². The van der Waals surface area contributed by atoms with E-state index in [1.165, 1.54) is 0 Å². The topological polar surface area (TPSA) is 308 Å². The van der Waals surface area contributed by atoms with Crippen molar-refractivity contribution in [3.63, 3.8) is 0 Å². The molecule has 4 rings (SSSR count). The number of ether oxygens (including phenoxy) is 2. The highest BCUT2D eigenvalue weighted by molar-refractivity contribution is 7.86. The van der Waals surface area contributed by atoms with Gasteiger partial charge in [-0.3, -0.25) is 34.1 Å². The van der Waals surface area contributed by atoms with Gasteiger partial charge in [0.2, 0.25) is 0 Å². The Hall–Kier alpha value is -5.46. The van der Waals surface area contributed by atoms with Gasteiger partial charge < -0.3 is 20.3 Å². The van der Waals surface area contributed by atoms with Crippen molar-refractivity contribution >= 4 is 60.4 Å². The summed E-state index contributed by atoms with van der Waals surface area (Å²) in [6.07, 6.45) is 0. The number of nitro benzene ring substituents is 2. The maximum atomic E-state index is 13.2. The van der Waals surface area contributed by atoms with Crippen LogP contribution in [0.15, 0.2) is 69.5 Å². The summed E-state index contributed by atoms with van der Waals surface area (Å²) < 4.78 is 78.3. The van der Waals surface area contributed by atoms with Crippen molar-refractivity contribution in [1.29, 1.82) is 0 Å². The normalized spacial score (nSPS) is 13.0. The zero-order valence-corrected chi connectivity index (χ0v) is 24.3. The van der Waals surface area contributed by atoms with Crippen molar-refractivity contribution in [2.75, 3.05) is 29.8 Å². The number of carbonyl (C=O) groups is 1. The molecule has 240 valence electrons. The van der Waals surface area contributed by atoms with Crippen molar-refractivity contribution in [3.8, 4) is 11.5 Å². The summed E-state index contributed by atoms with van der Waals surface area (Å²) >= 11 is 0. The van der Waals surface area contributed by atoms with E-state index in [1.807, 2.05) is 0 Å². The smallest absolute Gasteiger partial charge is 0.336 e. The zero-order chi connectivity index (χ0) is 32.6. The Bertz CT molecular complexity index is 1940. The van der Waals surface area contributed by atoms with E-state index in [4.69, 9.17) is 9.47 Å². The van der Waals surface area contributed by atoms with Gasteiger partial charge in [-0.1, -0.05) is 28.4 Å². The number of hydrazine groups is 1. The lowest BCUT2D eigenvalue weighted by atomic mass is 10.2. The molecular weight excluding hydrogens is 650 g/mol. The minimum atomic E-state index is -5.25. The lowest BCUT2D eigenvalue weighted by Crippen LogP contribution is -2.98. The molecule has 3 aromatic carbocycles. The Labute approximate surface area is 252 Å². The number of hydrogen-bond acceptors (Lipinski definition) is 15. The number of rotatable bonds is 10. The molecule has 1 aliphatic rings. The van der Waals surface area contributed by atoms with E-state index in [9.17, 15) is 51.0 Å². The minimum absolute atomic E-state index is 0. The number of hydrogen-bond donors (Lipinski definition) is 4. The number of carbonyl (C=O) groups excluding carboxylic acids is 1. The number of nitrogens with zero attached hydrogens (tertiary/aromatic N) is 5. The van der Waals surface area contributed by atoms with Gasteiger partial charge >= 0.3 is 32.0 Å². The molecule has 0 spiro atoms. The quantitative estimate of drug-likeness (QED) is 0.0987.